The Kier molecular flexibility index (Phi) is 6.66. The highest BCUT2D eigenvalue weighted by atomic mass is 32.2. The average molecular weight is 475 g/mol. The van der Waals surface area contributed by atoms with Crippen LogP contribution >= 0.6 is 23.1 Å². The van der Waals surface area contributed by atoms with E-state index in [2.05, 4.69) is 24.0 Å². The minimum absolute atomic E-state index is 0.0739. The molecule has 3 aromatic rings. The molecular formula is C23H30N4O3S2. The Morgan fingerprint density at radius 2 is 2.19 bits per heavy atom. The van der Waals surface area contributed by atoms with E-state index in [9.17, 15) is 4.79 Å². The van der Waals surface area contributed by atoms with E-state index in [4.69, 9.17) is 14.2 Å². The molecule has 4 heterocycles. The van der Waals surface area contributed by atoms with Gasteiger partial charge >= 0.3 is 0 Å². The quantitative estimate of drug-likeness (QED) is 0.343. The monoisotopic (exact) mass is 474 g/mol. The van der Waals surface area contributed by atoms with E-state index in [1.165, 1.54) is 22.2 Å². The highest BCUT2D eigenvalue weighted by Gasteiger charge is 2.26. The molecule has 172 valence electrons. The van der Waals surface area contributed by atoms with Crippen molar-refractivity contribution in [1.29, 1.82) is 0 Å². The predicted molar refractivity (Wildman–Crippen MR) is 127 cm³/mol. The largest absolute Gasteiger partial charge is 0.376 e. The van der Waals surface area contributed by atoms with Gasteiger partial charge in [-0.05, 0) is 50.0 Å². The average Bonchev–Trinajstić information content (AvgIpc) is 3.52. The number of aryl methyl sites for hydroxylation is 2. The van der Waals surface area contributed by atoms with Crippen LogP contribution in [0.4, 0.5) is 0 Å². The number of thioether (sulfide) groups is 1. The van der Waals surface area contributed by atoms with Crippen LogP contribution < -0.4 is 5.56 Å². The van der Waals surface area contributed by atoms with E-state index >= 15 is 0 Å². The summed E-state index contributed by atoms with van der Waals surface area (Å²) in [6.07, 6.45) is 8.24. The maximum Gasteiger partial charge on any atom is 0.263 e. The summed E-state index contributed by atoms with van der Waals surface area (Å²) in [6.45, 7) is 5.76. The minimum Gasteiger partial charge on any atom is -0.376 e. The topological polar surface area (TPSA) is 83.0 Å². The first-order valence-corrected chi connectivity index (χ1v) is 13.5. The van der Waals surface area contributed by atoms with Gasteiger partial charge in [0.05, 0.1) is 23.8 Å². The third kappa shape index (κ3) is 4.52. The van der Waals surface area contributed by atoms with Crippen molar-refractivity contribution >= 4 is 33.3 Å². The zero-order valence-electron chi connectivity index (χ0n) is 18.8. The Morgan fingerprint density at radius 1 is 1.28 bits per heavy atom. The highest BCUT2D eigenvalue weighted by Crippen LogP contribution is 2.37. The fourth-order valence-corrected chi connectivity index (χ4v) is 6.85. The van der Waals surface area contributed by atoms with E-state index in [1.807, 2.05) is 4.57 Å². The molecule has 32 heavy (non-hydrogen) atoms. The lowest BCUT2D eigenvalue weighted by atomic mass is 9.89. The van der Waals surface area contributed by atoms with Gasteiger partial charge in [-0.1, -0.05) is 37.2 Å². The highest BCUT2D eigenvalue weighted by molar-refractivity contribution is 7.98. The Bertz CT molecular complexity index is 1150. The minimum atomic E-state index is 0.0739. The van der Waals surface area contributed by atoms with Gasteiger partial charge in [0.1, 0.15) is 4.83 Å². The van der Waals surface area contributed by atoms with Crippen molar-refractivity contribution in [2.45, 2.75) is 88.8 Å². The van der Waals surface area contributed by atoms with E-state index in [-0.39, 0.29) is 11.7 Å². The van der Waals surface area contributed by atoms with Gasteiger partial charge in [-0.15, -0.1) is 11.3 Å². The van der Waals surface area contributed by atoms with Crippen molar-refractivity contribution in [3.63, 3.8) is 0 Å². The van der Waals surface area contributed by atoms with Gasteiger partial charge in [0.15, 0.2) is 11.0 Å². The predicted octanol–water partition coefficient (Wildman–Crippen LogP) is 4.78. The van der Waals surface area contributed by atoms with Crippen molar-refractivity contribution in [3.8, 4) is 0 Å². The summed E-state index contributed by atoms with van der Waals surface area (Å²) in [4.78, 5) is 25.4. The summed E-state index contributed by atoms with van der Waals surface area (Å²) in [5.74, 6) is 2.50. The van der Waals surface area contributed by atoms with Crippen LogP contribution in [0.3, 0.4) is 0 Å². The Labute approximate surface area is 196 Å². The van der Waals surface area contributed by atoms with Gasteiger partial charge < -0.3 is 9.26 Å². The smallest absolute Gasteiger partial charge is 0.263 e. The van der Waals surface area contributed by atoms with Gasteiger partial charge in [0.2, 0.25) is 5.89 Å². The van der Waals surface area contributed by atoms with Crippen LogP contribution in [0.2, 0.25) is 0 Å². The molecule has 0 aromatic carbocycles. The third-order valence-electron chi connectivity index (χ3n) is 6.38. The van der Waals surface area contributed by atoms with Gasteiger partial charge in [-0.2, -0.15) is 4.98 Å². The molecule has 0 radical (unpaired) electrons. The fourth-order valence-electron chi connectivity index (χ4n) is 4.58. The normalized spacial score (nSPS) is 20.8. The van der Waals surface area contributed by atoms with Crippen LogP contribution in [0.25, 0.3) is 10.2 Å². The molecule has 2 atom stereocenters. The Balaban J connectivity index is 1.47. The van der Waals surface area contributed by atoms with E-state index in [0.717, 1.165) is 79.2 Å². The lowest BCUT2D eigenvalue weighted by molar-refractivity contribution is 0.0937. The second-order valence-corrected chi connectivity index (χ2v) is 11.0. The molecule has 7 nitrogen and oxygen atoms in total. The second-order valence-electron chi connectivity index (χ2n) is 8.97. The Morgan fingerprint density at radius 3 is 3.00 bits per heavy atom. The zero-order valence-corrected chi connectivity index (χ0v) is 20.4. The van der Waals surface area contributed by atoms with E-state index < -0.39 is 0 Å². The maximum atomic E-state index is 13.7. The van der Waals surface area contributed by atoms with Crippen LogP contribution in [-0.4, -0.2) is 32.4 Å². The molecule has 0 amide bonds. The number of fused-ring (bicyclic) bond motifs is 3. The molecule has 0 spiro atoms. The molecule has 1 aliphatic heterocycles. The van der Waals surface area contributed by atoms with Crippen molar-refractivity contribution in [2.75, 3.05) is 6.61 Å². The van der Waals surface area contributed by atoms with Gasteiger partial charge in [-0.3, -0.25) is 9.36 Å². The molecule has 3 aromatic heterocycles. The number of thiophene rings is 1. The molecule has 1 saturated heterocycles. The molecule has 1 aliphatic carbocycles. The summed E-state index contributed by atoms with van der Waals surface area (Å²) in [5.41, 5.74) is 1.31. The molecule has 0 saturated carbocycles. The van der Waals surface area contributed by atoms with Crippen molar-refractivity contribution in [2.24, 2.45) is 5.92 Å². The van der Waals surface area contributed by atoms with E-state index in [1.54, 1.807) is 11.3 Å². The summed E-state index contributed by atoms with van der Waals surface area (Å²) >= 11 is 3.20. The summed E-state index contributed by atoms with van der Waals surface area (Å²) in [7, 11) is 0. The van der Waals surface area contributed by atoms with Gasteiger partial charge in [-0.25, -0.2) is 4.98 Å². The van der Waals surface area contributed by atoms with E-state index in [0.29, 0.717) is 24.1 Å². The summed E-state index contributed by atoms with van der Waals surface area (Å²) in [5, 5.41) is 5.64. The zero-order chi connectivity index (χ0) is 22.1. The van der Waals surface area contributed by atoms with Crippen LogP contribution in [0, 0.1) is 5.92 Å². The van der Waals surface area contributed by atoms with Crippen LogP contribution in [0.1, 0.15) is 68.1 Å². The number of aromatic nitrogens is 4. The van der Waals surface area contributed by atoms with Gasteiger partial charge in [0.25, 0.3) is 5.56 Å². The second kappa shape index (κ2) is 9.65. The molecule has 2 aliphatic rings. The molecule has 2 unspecified atom stereocenters. The summed E-state index contributed by atoms with van der Waals surface area (Å²) in [6, 6.07) is 0. The number of hydrogen-bond acceptors (Lipinski definition) is 8. The van der Waals surface area contributed by atoms with Crippen molar-refractivity contribution < 1.29 is 9.26 Å². The van der Waals surface area contributed by atoms with Crippen LogP contribution in [0.15, 0.2) is 14.5 Å². The third-order valence-corrected chi connectivity index (χ3v) is 8.49. The lowest BCUT2D eigenvalue weighted by Crippen LogP contribution is -2.29. The molecular weight excluding hydrogens is 444 g/mol. The first-order valence-electron chi connectivity index (χ1n) is 11.7. The molecule has 5 rings (SSSR count). The number of rotatable bonds is 8. The number of unbranched alkanes of at least 4 members (excludes halogenated alkanes) is 1. The number of hydrogen-bond donors (Lipinski definition) is 0. The first kappa shape index (κ1) is 22.1. The van der Waals surface area contributed by atoms with Crippen molar-refractivity contribution in [1.82, 2.24) is 19.7 Å². The number of nitrogens with zero attached hydrogens (tertiary/aromatic N) is 4. The Hall–Kier alpha value is -1.71. The van der Waals surface area contributed by atoms with Gasteiger partial charge in [0, 0.05) is 17.9 Å². The van der Waals surface area contributed by atoms with Crippen LogP contribution in [-0.2, 0) is 36.3 Å². The van der Waals surface area contributed by atoms with Crippen LogP contribution in [0.5, 0.6) is 0 Å². The SMILES string of the molecule is CCCCc1noc(CSc2nc3sc4c(c3c(=O)n2CC2CCCO2)CCC(C)C4)n1. The van der Waals surface area contributed by atoms with Crippen molar-refractivity contribution in [3.05, 3.63) is 32.5 Å². The molecule has 1 fully saturated rings. The molecule has 0 bridgehead atoms. The molecule has 9 heteroatoms. The summed E-state index contributed by atoms with van der Waals surface area (Å²) < 4.78 is 13.1. The fraction of sp³-hybridized carbons (Fsp3) is 0.652. The molecule has 0 N–H and O–H groups in total. The lowest BCUT2D eigenvalue weighted by Gasteiger charge is -2.18. The first-order chi connectivity index (χ1) is 15.6. The maximum absolute atomic E-state index is 13.7. The number of ether oxygens (including phenoxy) is 1. The standard InChI is InChI=1S/C23H30N4O3S2/c1-3-4-7-18-24-19(30-26-18)13-31-23-25-21-20(16-9-8-14(2)11-17(16)32-21)22(28)27(23)12-15-6-5-10-29-15/h14-15H,3-13H2,1-2H3.